The fourth-order valence-electron chi connectivity index (χ4n) is 1.45. The number of aromatic nitrogens is 1. The predicted molar refractivity (Wildman–Crippen MR) is 59.8 cm³/mol. The van der Waals surface area contributed by atoms with E-state index in [1.807, 2.05) is 0 Å². The van der Waals surface area contributed by atoms with Gasteiger partial charge in [0.15, 0.2) is 0 Å². The van der Waals surface area contributed by atoms with Gasteiger partial charge in [-0.2, -0.15) is 0 Å². The molecule has 0 aliphatic carbocycles. The zero-order valence-electron chi connectivity index (χ0n) is 9.84. The van der Waals surface area contributed by atoms with E-state index in [-0.39, 0.29) is 24.5 Å². The fourth-order valence-corrected chi connectivity index (χ4v) is 1.45. The summed E-state index contributed by atoms with van der Waals surface area (Å²) in [4.78, 5) is 16.7. The summed E-state index contributed by atoms with van der Waals surface area (Å²) in [6, 6.07) is 1.39. The molecule has 0 unspecified atom stereocenters. The highest BCUT2D eigenvalue weighted by atomic mass is 19.3. The summed E-state index contributed by atoms with van der Waals surface area (Å²) in [6.45, 7) is -1.27. The van der Waals surface area contributed by atoms with Gasteiger partial charge in [-0.05, 0) is 6.07 Å². The molecule has 0 saturated heterocycles. The van der Waals surface area contributed by atoms with Gasteiger partial charge >= 0.3 is 0 Å². The molecule has 0 aliphatic rings. The largest absolute Gasteiger partial charge is 0.494 e. The molecule has 0 atom stereocenters. The lowest BCUT2D eigenvalue weighted by atomic mass is 10.2. The van der Waals surface area contributed by atoms with Crippen molar-refractivity contribution in [1.29, 1.82) is 0 Å². The van der Waals surface area contributed by atoms with E-state index in [0.29, 0.717) is 0 Å². The summed E-state index contributed by atoms with van der Waals surface area (Å²) in [5.74, 6) is -0.414. The van der Waals surface area contributed by atoms with E-state index >= 15 is 0 Å². The maximum absolute atomic E-state index is 12.3. The maximum Gasteiger partial charge on any atom is 0.258 e. The standard InChI is InChI=1S/C11H14F2N2O3/c1-18-9-6-14-3-2-8(9)11(17)15(4-5-16)7-10(12)13/h2-3,6,10,16H,4-5,7H2,1H3. The SMILES string of the molecule is COc1cnccc1C(=O)N(CCO)CC(F)F. The van der Waals surface area contributed by atoms with Crippen molar-refractivity contribution in [2.24, 2.45) is 0 Å². The van der Waals surface area contributed by atoms with Crippen LogP contribution >= 0.6 is 0 Å². The zero-order valence-corrected chi connectivity index (χ0v) is 9.84. The number of alkyl halides is 2. The van der Waals surface area contributed by atoms with Crippen LogP contribution in [-0.4, -0.2) is 54.1 Å². The number of hydrogen-bond donors (Lipinski definition) is 1. The molecule has 1 amide bonds. The van der Waals surface area contributed by atoms with Crippen LogP contribution in [0.25, 0.3) is 0 Å². The van der Waals surface area contributed by atoms with Gasteiger partial charge in [0.1, 0.15) is 5.75 Å². The third kappa shape index (κ3) is 3.63. The molecule has 18 heavy (non-hydrogen) atoms. The van der Waals surface area contributed by atoms with Crippen LogP contribution in [0.15, 0.2) is 18.5 Å². The minimum Gasteiger partial charge on any atom is -0.494 e. The molecule has 1 aromatic rings. The van der Waals surface area contributed by atoms with Crippen molar-refractivity contribution in [3.63, 3.8) is 0 Å². The highest BCUT2D eigenvalue weighted by molar-refractivity contribution is 5.96. The number of pyridine rings is 1. The number of halogens is 2. The monoisotopic (exact) mass is 260 g/mol. The molecule has 5 nitrogen and oxygen atoms in total. The number of nitrogens with zero attached hydrogens (tertiary/aromatic N) is 2. The van der Waals surface area contributed by atoms with Gasteiger partial charge in [-0.1, -0.05) is 0 Å². The lowest BCUT2D eigenvalue weighted by Crippen LogP contribution is -2.37. The second-order valence-corrected chi connectivity index (χ2v) is 3.44. The van der Waals surface area contributed by atoms with Crippen LogP contribution < -0.4 is 4.74 Å². The Bertz CT molecular complexity index is 402. The number of amides is 1. The first-order chi connectivity index (χ1) is 8.60. The van der Waals surface area contributed by atoms with E-state index in [9.17, 15) is 13.6 Å². The van der Waals surface area contributed by atoms with E-state index in [1.165, 1.54) is 25.6 Å². The van der Waals surface area contributed by atoms with Crippen LogP contribution in [0.1, 0.15) is 10.4 Å². The average Bonchev–Trinajstić information content (AvgIpc) is 2.37. The van der Waals surface area contributed by atoms with Crippen LogP contribution in [0.3, 0.4) is 0 Å². The van der Waals surface area contributed by atoms with Gasteiger partial charge < -0.3 is 14.7 Å². The number of ether oxygens (including phenoxy) is 1. The number of aliphatic hydroxyl groups excluding tert-OH is 1. The molecular formula is C11H14F2N2O3. The van der Waals surface area contributed by atoms with Crippen molar-refractivity contribution < 1.29 is 23.4 Å². The molecule has 0 aliphatic heterocycles. The topological polar surface area (TPSA) is 62.7 Å². The Balaban J connectivity index is 2.94. The van der Waals surface area contributed by atoms with Crippen molar-refractivity contribution >= 4 is 5.91 Å². The second-order valence-electron chi connectivity index (χ2n) is 3.44. The van der Waals surface area contributed by atoms with Crippen LogP contribution in [0.5, 0.6) is 5.75 Å². The fraction of sp³-hybridized carbons (Fsp3) is 0.455. The number of carbonyl (C=O) groups excluding carboxylic acids is 1. The molecule has 0 bridgehead atoms. The molecule has 0 aromatic carbocycles. The summed E-state index contributed by atoms with van der Waals surface area (Å²) in [7, 11) is 1.36. The summed E-state index contributed by atoms with van der Waals surface area (Å²) < 4.78 is 29.6. The third-order valence-corrected chi connectivity index (χ3v) is 2.25. The van der Waals surface area contributed by atoms with Crippen LogP contribution in [0.2, 0.25) is 0 Å². The van der Waals surface area contributed by atoms with Crippen molar-refractivity contribution in [3.8, 4) is 5.75 Å². The van der Waals surface area contributed by atoms with E-state index in [2.05, 4.69) is 4.98 Å². The van der Waals surface area contributed by atoms with Gasteiger partial charge in [0.05, 0.1) is 32.0 Å². The van der Waals surface area contributed by atoms with Gasteiger partial charge in [0.25, 0.3) is 12.3 Å². The second kappa shape index (κ2) is 6.85. The van der Waals surface area contributed by atoms with E-state index in [4.69, 9.17) is 9.84 Å². The average molecular weight is 260 g/mol. The van der Waals surface area contributed by atoms with E-state index in [0.717, 1.165) is 4.90 Å². The number of carbonyl (C=O) groups is 1. The van der Waals surface area contributed by atoms with E-state index < -0.39 is 18.9 Å². The lowest BCUT2D eigenvalue weighted by Gasteiger charge is -2.22. The van der Waals surface area contributed by atoms with Gasteiger partial charge in [0.2, 0.25) is 0 Å². The molecule has 0 saturated carbocycles. The number of hydrogen-bond acceptors (Lipinski definition) is 4. The highest BCUT2D eigenvalue weighted by Gasteiger charge is 2.22. The van der Waals surface area contributed by atoms with Gasteiger partial charge in [-0.25, -0.2) is 8.78 Å². The normalized spacial score (nSPS) is 10.5. The molecule has 0 fully saturated rings. The van der Waals surface area contributed by atoms with Crippen molar-refractivity contribution in [2.75, 3.05) is 26.8 Å². The third-order valence-electron chi connectivity index (χ3n) is 2.25. The summed E-state index contributed by atoms with van der Waals surface area (Å²) >= 11 is 0. The molecule has 1 aromatic heterocycles. The molecule has 7 heteroatoms. The maximum atomic E-state index is 12.3. The van der Waals surface area contributed by atoms with Gasteiger partial charge in [-0.15, -0.1) is 0 Å². The Hall–Kier alpha value is -1.76. The molecular weight excluding hydrogens is 246 g/mol. The minimum atomic E-state index is -2.66. The number of rotatable bonds is 6. The predicted octanol–water partition coefficient (Wildman–Crippen LogP) is 0.790. The minimum absolute atomic E-state index is 0.140. The van der Waals surface area contributed by atoms with Crippen LogP contribution in [0, 0.1) is 0 Å². The van der Waals surface area contributed by atoms with Gasteiger partial charge in [-0.3, -0.25) is 9.78 Å². The molecule has 1 heterocycles. The Labute approximate surface area is 103 Å². The van der Waals surface area contributed by atoms with Gasteiger partial charge in [0, 0.05) is 12.7 Å². The summed E-state index contributed by atoms with van der Waals surface area (Å²) in [5, 5.41) is 8.79. The quantitative estimate of drug-likeness (QED) is 0.821. The Morgan fingerprint density at radius 3 is 2.89 bits per heavy atom. The first kappa shape index (κ1) is 14.3. The summed E-state index contributed by atoms with van der Waals surface area (Å²) in [6.07, 6.45) is 0.0375. The lowest BCUT2D eigenvalue weighted by molar-refractivity contribution is 0.0506. The number of methoxy groups -OCH3 is 1. The molecule has 0 spiro atoms. The molecule has 1 N–H and O–H groups in total. The highest BCUT2D eigenvalue weighted by Crippen LogP contribution is 2.18. The Morgan fingerprint density at radius 2 is 2.33 bits per heavy atom. The van der Waals surface area contributed by atoms with Crippen LogP contribution in [-0.2, 0) is 0 Å². The van der Waals surface area contributed by atoms with Crippen LogP contribution in [0.4, 0.5) is 8.78 Å². The molecule has 100 valence electrons. The van der Waals surface area contributed by atoms with E-state index in [1.54, 1.807) is 0 Å². The summed E-state index contributed by atoms with van der Waals surface area (Å²) in [5.41, 5.74) is 0.140. The first-order valence-electron chi connectivity index (χ1n) is 5.26. The first-order valence-corrected chi connectivity index (χ1v) is 5.26. The van der Waals surface area contributed by atoms with Crippen molar-refractivity contribution in [2.45, 2.75) is 6.43 Å². The van der Waals surface area contributed by atoms with Crippen molar-refractivity contribution in [1.82, 2.24) is 9.88 Å². The smallest absolute Gasteiger partial charge is 0.258 e. The Kier molecular flexibility index (Phi) is 5.44. The van der Waals surface area contributed by atoms with Crippen molar-refractivity contribution in [3.05, 3.63) is 24.0 Å². The Morgan fingerprint density at radius 1 is 1.61 bits per heavy atom. The molecule has 0 radical (unpaired) electrons. The zero-order chi connectivity index (χ0) is 13.5. The molecule has 1 rings (SSSR count). The number of aliphatic hydroxyl groups is 1.